The maximum atomic E-state index is 13.7. The molecule has 0 aliphatic carbocycles. The van der Waals surface area contributed by atoms with E-state index in [1.54, 1.807) is 0 Å². The molecule has 0 radical (unpaired) electrons. The van der Waals surface area contributed by atoms with Crippen LogP contribution in [0.3, 0.4) is 0 Å². The Morgan fingerprint density at radius 3 is 2.54 bits per heavy atom. The van der Waals surface area contributed by atoms with Gasteiger partial charge in [0.05, 0.1) is 5.69 Å². The molecule has 132 valence electrons. The van der Waals surface area contributed by atoms with Gasteiger partial charge in [-0.1, -0.05) is 19.1 Å². The van der Waals surface area contributed by atoms with Crippen LogP contribution in [0.2, 0.25) is 0 Å². The van der Waals surface area contributed by atoms with Crippen LogP contribution < -0.4 is 10.6 Å². The van der Waals surface area contributed by atoms with Crippen molar-refractivity contribution in [2.45, 2.75) is 13.3 Å². The van der Waals surface area contributed by atoms with E-state index in [0.717, 1.165) is 24.2 Å². The van der Waals surface area contributed by atoms with E-state index in [2.05, 4.69) is 27.5 Å². The molecule has 0 spiro atoms. The lowest BCUT2D eigenvalue weighted by atomic mass is 10.1. The number of nitrogens with one attached hydrogen (secondary N) is 2. The molecule has 1 aromatic heterocycles. The first-order chi connectivity index (χ1) is 12.5. The van der Waals surface area contributed by atoms with Crippen molar-refractivity contribution >= 4 is 23.2 Å². The van der Waals surface area contributed by atoms with Crippen molar-refractivity contribution in [1.82, 2.24) is 9.97 Å². The Labute approximate surface area is 149 Å². The SMILES string of the molecule is CCc1ccc(Nc2nccc(C(=O)Nc3ccc(F)cc3F)n2)cc1. The van der Waals surface area contributed by atoms with E-state index < -0.39 is 17.5 Å². The number of halogens is 2. The molecule has 0 saturated heterocycles. The molecule has 0 saturated carbocycles. The van der Waals surface area contributed by atoms with E-state index in [-0.39, 0.29) is 17.3 Å². The van der Waals surface area contributed by atoms with Gasteiger partial charge in [0.15, 0.2) is 0 Å². The molecule has 1 amide bonds. The van der Waals surface area contributed by atoms with Crippen molar-refractivity contribution in [2.75, 3.05) is 10.6 Å². The van der Waals surface area contributed by atoms with Crippen LogP contribution in [0.15, 0.2) is 54.7 Å². The minimum atomic E-state index is -0.859. The highest BCUT2D eigenvalue weighted by atomic mass is 19.1. The lowest BCUT2D eigenvalue weighted by Crippen LogP contribution is -2.15. The summed E-state index contributed by atoms with van der Waals surface area (Å²) in [4.78, 5) is 20.4. The van der Waals surface area contributed by atoms with Crippen molar-refractivity contribution in [3.05, 3.63) is 77.6 Å². The smallest absolute Gasteiger partial charge is 0.274 e. The van der Waals surface area contributed by atoms with E-state index >= 15 is 0 Å². The molecule has 3 aromatic rings. The molecule has 0 aliphatic rings. The molecular weight excluding hydrogens is 338 g/mol. The molecule has 2 aromatic carbocycles. The number of anilines is 3. The number of nitrogens with zero attached hydrogens (tertiary/aromatic N) is 2. The van der Waals surface area contributed by atoms with Crippen molar-refractivity contribution < 1.29 is 13.6 Å². The number of carbonyl (C=O) groups is 1. The summed E-state index contributed by atoms with van der Waals surface area (Å²) in [6.07, 6.45) is 2.36. The van der Waals surface area contributed by atoms with Crippen LogP contribution in [0.4, 0.5) is 26.1 Å². The van der Waals surface area contributed by atoms with Gasteiger partial charge in [-0.25, -0.2) is 18.7 Å². The number of hydrogen-bond acceptors (Lipinski definition) is 4. The van der Waals surface area contributed by atoms with Gasteiger partial charge in [-0.3, -0.25) is 4.79 Å². The largest absolute Gasteiger partial charge is 0.324 e. The minimum Gasteiger partial charge on any atom is -0.324 e. The van der Waals surface area contributed by atoms with Gasteiger partial charge in [-0.2, -0.15) is 0 Å². The minimum absolute atomic E-state index is 0.0522. The van der Waals surface area contributed by atoms with Crippen molar-refractivity contribution in [2.24, 2.45) is 0 Å². The van der Waals surface area contributed by atoms with Crippen LogP contribution in [0, 0.1) is 11.6 Å². The van der Waals surface area contributed by atoms with Gasteiger partial charge >= 0.3 is 0 Å². The summed E-state index contributed by atoms with van der Waals surface area (Å²) in [5.41, 5.74) is 1.91. The maximum absolute atomic E-state index is 13.7. The normalized spacial score (nSPS) is 10.4. The zero-order valence-electron chi connectivity index (χ0n) is 14.0. The van der Waals surface area contributed by atoms with Gasteiger partial charge in [0.2, 0.25) is 5.95 Å². The van der Waals surface area contributed by atoms with E-state index in [1.165, 1.54) is 17.8 Å². The Morgan fingerprint density at radius 2 is 1.85 bits per heavy atom. The van der Waals surface area contributed by atoms with Crippen LogP contribution in [0.5, 0.6) is 0 Å². The fraction of sp³-hybridized carbons (Fsp3) is 0.105. The third-order valence-electron chi connectivity index (χ3n) is 3.69. The van der Waals surface area contributed by atoms with E-state index in [9.17, 15) is 13.6 Å². The summed E-state index contributed by atoms with van der Waals surface area (Å²) in [5, 5.41) is 5.37. The molecule has 3 rings (SSSR count). The number of benzene rings is 2. The molecule has 0 fully saturated rings. The standard InChI is InChI=1S/C19H16F2N4O/c1-2-12-3-6-14(7-4-12)23-19-22-10-9-17(25-19)18(26)24-16-8-5-13(20)11-15(16)21/h3-11H,2H2,1H3,(H,24,26)(H,22,23,25). The molecule has 0 bridgehead atoms. The Kier molecular flexibility index (Phi) is 5.17. The van der Waals surface area contributed by atoms with Crippen molar-refractivity contribution in [3.63, 3.8) is 0 Å². The number of aromatic nitrogens is 2. The van der Waals surface area contributed by atoms with Gasteiger partial charge in [-0.15, -0.1) is 0 Å². The average Bonchev–Trinajstić information content (AvgIpc) is 2.65. The molecule has 0 aliphatic heterocycles. The van der Waals surface area contributed by atoms with Crippen molar-refractivity contribution in [3.8, 4) is 0 Å². The number of amides is 1. The van der Waals surface area contributed by atoms with Gasteiger partial charge in [0.25, 0.3) is 5.91 Å². The molecule has 5 nitrogen and oxygen atoms in total. The third-order valence-corrected chi connectivity index (χ3v) is 3.69. The first kappa shape index (κ1) is 17.5. The van der Waals surface area contributed by atoms with Gasteiger partial charge < -0.3 is 10.6 Å². The molecule has 0 unspecified atom stereocenters. The Hall–Kier alpha value is -3.35. The van der Waals surface area contributed by atoms with Crippen LogP contribution >= 0.6 is 0 Å². The number of aryl methyl sites for hydroxylation is 1. The summed E-state index contributed by atoms with van der Waals surface area (Å²) in [7, 11) is 0. The van der Waals surface area contributed by atoms with E-state index in [4.69, 9.17) is 0 Å². The zero-order chi connectivity index (χ0) is 18.5. The van der Waals surface area contributed by atoms with E-state index in [1.807, 2.05) is 24.3 Å². The Balaban J connectivity index is 1.74. The predicted octanol–water partition coefficient (Wildman–Crippen LogP) is 4.31. The van der Waals surface area contributed by atoms with Crippen LogP contribution in [-0.2, 0) is 6.42 Å². The fourth-order valence-electron chi connectivity index (χ4n) is 2.28. The van der Waals surface area contributed by atoms with Crippen LogP contribution in [0.1, 0.15) is 23.0 Å². The molecule has 1 heterocycles. The highest BCUT2D eigenvalue weighted by molar-refractivity contribution is 6.03. The highest BCUT2D eigenvalue weighted by Crippen LogP contribution is 2.17. The lowest BCUT2D eigenvalue weighted by Gasteiger charge is -2.08. The molecule has 7 heteroatoms. The first-order valence-corrected chi connectivity index (χ1v) is 8.00. The fourth-order valence-corrected chi connectivity index (χ4v) is 2.28. The predicted molar refractivity (Wildman–Crippen MR) is 95.4 cm³/mol. The average molecular weight is 354 g/mol. The highest BCUT2D eigenvalue weighted by Gasteiger charge is 2.12. The van der Waals surface area contributed by atoms with Gasteiger partial charge in [0.1, 0.15) is 17.3 Å². The first-order valence-electron chi connectivity index (χ1n) is 8.00. The van der Waals surface area contributed by atoms with Gasteiger partial charge in [0, 0.05) is 18.0 Å². The Morgan fingerprint density at radius 1 is 1.08 bits per heavy atom. The number of rotatable bonds is 5. The number of carbonyl (C=O) groups excluding carboxylic acids is 1. The number of hydrogen-bond donors (Lipinski definition) is 2. The summed E-state index contributed by atoms with van der Waals surface area (Å²) in [6.45, 7) is 2.07. The maximum Gasteiger partial charge on any atom is 0.274 e. The summed E-state index contributed by atoms with van der Waals surface area (Å²) >= 11 is 0. The topological polar surface area (TPSA) is 66.9 Å². The van der Waals surface area contributed by atoms with Gasteiger partial charge in [-0.05, 0) is 42.3 Å². The summed E-state index contributed by atoms with van der Waals surface area (Å²) in [6, 6.07) is 12.1. The Bertz CT molecular complexity index is 929. The lowest BCUT2D eigenvalue weighted by molar-refractivity contribution is 0.102. The zero-order valence-corrected chi connectivity index (χ0v) is 14.0. The molecule has 26 heavy (non-hydrogen) atoms. The van der Waals surface area contributed by atoms with Crippen molar-refractivity contribution in [1.29, 1.82) is 0 Å². The second kappa shape index (κ2) is 7.69. The van der Waals surface area contributed by atoms with E-state index in [0.29, 0.717) is 6.07 Å². The van der Waals surface area contributed by atoms with Crippen LogP contribution in [-0.4, -0.2) is 15.9 Å². The third kappa shape index (κ3) is 4.18. The molecular formula is C19H16F2N4O. The summed E-state index contributed by atoms with van der Waals surface area (Å²) in [5.74, 6) is -1.96. The molecule has 0 atom stereocenters. The molecule has 2 N–H and O–H groups in total. The summed E-state index contributed by atoms with van der Waals surface area (Å²) < 4.78 is 26.6. The second-order valence-electron chi connectivity index (χ2n) is 5.52. The van der Waals surface area contributed by atoms with Crippen LogP contribution in [0.25, 0.3) is 0 Å². The quantitative estimate of drug-likeness (QED) is 0.716. The second-order valence-corrected chi connectivity index (χ2v) is 5.52. The monoisotopic (exact) mass is 354 g/mol.